The number of carbonyl (C=O) groups is 5. The number of carbonyl (C=O) groups excluding carboxylic acids is 5. The van der Waals surface area contributed by atoms with E-state index in [1.807, 2.05) is 35.2 Å². The number of anilines is 1. The Balaban J connectivity index is 0. The van der Waals surface area contributed by atoms with Gasteiger partial charge in [0, 0.05) is 37.6 Å². The summed E-state index contributed by atoms with van der Waals surface area (Å²) in [5, 5.41) is 22.2. The second-order valence-electron chi connectivity index (χ2n) is 16.8. The Morgan fingerprint density at radius 3 is 1.56 bits per heavy atom. The average molecular weight is 1010 g/mol. The van der Waals surface area contributed by atoms with Crippen LogP contribution in [0.1, 0.15) is 90.8 Å². The van der Waals surface area contributed by atoms with Gasteiger partial charge in [-0.2, -0.15) is 0 Å². The minimum absolute atomic E-state index is 0.0367. The molecule has 2 heterocycles. The van der Waals surface area contributed by atoms with Crippen LogP contribution in [0.15, 0.2) is 51.5 Å². The van der Waals surface area contributed by atoms with E-state index >= 15 is 0 Å². The molecule has 1 saturated heterocycles. The lowest BCUT2D eigenvalue weighted by Crippen LogP contribution is -2.44. The molecular formula is C47H88N20O5. The van der Waals surface area contributed by atoms with Gasteiger partial charge in [-0.15, -0.1) is 0 Å². The van der Waals surface area contributed by atoms with Gasteiger partial charge in [0.25, 0.3) is 0 Å². The van der Waals surface area contributed by atoms with E-state index in [0.29, 0.717) is 31.6 Å². The van der Waals surface area contributed by atoms with Crippen LogP contribution in [-0.2, 0) is 36.8 Å². The third kappa shape index (κ3) is 32.3. The van der Waals surface area contributed by atoms with Gasteiger partial charge in [-0.1, -0.05) is 12.1 Å². The lowest BCUT2D eigenvalue weighted by Gasteiger charge is -2.27. The summed E-state index contributed by atoms with van der Waals surface area (Å²) in [6.07, 6.45) is 8.75. The smallest absolute Gasteiger partial charge is 0.220 e. The molecule has 0 aliphatic carbocycles. The standard InChI is InChI=1S/C12H18N4O.C10H16N4O.C10H20N4O.C8H18N4O.C7H16N4O/c1-8(17)11(15-2)7-9-3-5-10(6-4-9)16-12(13)14;1-7(15)9(12-2)4-3-8-5-6-13-10(11)14-8;1-7(15)9(13-2)6-8-4-3-5-14(8)10(11)12;1-6(13)7(11-2)4-3-5-12-8(9)10;1-5(12)6(10-2)3-4-11-7(8)9/h3-6,11,15H,7H2,1-2H3,(H4,13,14,16);5-6,9,12H,3-4H2,1-2H3,(H2,11,13,14);8-9,13H,3-6H2,1-2H3,(H3,11,12);7,11H,3-5H2,1-2H3,(H4,9,10,12);6,10H,3-4H2,1-2H3,(H4,8,9,11). The molecule has 22 N–H and O–H groups in total. The van der Waals surface area contributed by atoms with Crippen LogP contribution >= 0.6 is 0 Å². The number of likely N-dealkylation sites (tertiary alicyclic amines) is 1. The lowest BCUT2D eigenvalue weighted by atomic mass is 10.0. The molecule has 0 radical (unpaired) electrons. The topological polar surface area (TPSA) is 444 Å². The number of hydrogen-bond acceptors (Lipinski definition) is 17. The predicted molar refractivity (Wildman–Crippen MR) is 289 cm³/mol. The molecule has 1 aromatic heterocycles. The Bertz CT molecular complexity index is 2000. The summed E-state index contributed by atoms with van der Waals surface area (Å²) >= 11 is 0. The maximum Gasteiger partial charge on any atom is 0.220 e. The number of nitrogens with zero attached hydrogens (tertiary/aromatic N) is 6. The molecule has 1 aliphatic heterocycles. The van der Waals surface area contributed by atoms with E-state index in [1.54, 1.807) is 69.1 Å². The lowest BCUT2D eigenvalue weighted by molar-refractivity contribution is -0.120. The number of nitrogens with two attached hydrogens (primary N) is 8. The summed E-state index contributed by atoms with van der Waals surface area (Å²) in [4.78, 5) is 76.8. The molecule has 2 aromatic rings. The highest BCUT2D eigenvalue weighted by atomic mass is 16.1. The van der Waals surface area contributed by atoms with Gasteiger partial charge < -0.3 is 77.4 Å². The van der Waals surface area contributed by atoms with Crippen LogP contribution in [0, 0.1) is 5.41 Å². The zero-order valence-corrected chi connectivity index (χ0v) is 44.3. The Labute approximate surface area is 426 Å². The molecule has 6 atom stereocenters. The van der Waals surface area contributed by atoms with Gasteiger partial charge in [0.2, 0.25) is 5.95 Å². The van der Waals surface area contributed by atoms with E-state index in [4.69, 9.17) is 51.3 Å². The third-order valence-corrected chi connectivity index (χ3v) is 11.1. The number of likely N-dealkylation sites (N-methyl/N-ethyl adjacent to an activating group) is 5. The number of guanidine groups is 4. The van der Waals surface area contributed by atoms with Crippen LogP contribution in [-0.4, -0.2) is 159 Å². The molecule has 3 rings (SSSR count). The van der Waals surface area contributed by atoms with Gasteiger partial charge in [-0.25, -0.2) is 15.0 Å². The Kier molecular flexibility index (Phi) is 36.5. The van der Waals surface area contributed by atoms with Gasteiger partial charge in [-0.05, 0) is 151 Å². The Morgan fingerprint density at radius 2 is 1.12 bits per heavy atom. The van der Waals surface area contributed by atoms with Crippen molar-refractivity contribution in [3.63, 3.8) is 0 Å². The highest BCUT2D eigenvalue weighted by Gasteiger charge is 2.29. The van der Waals surface area contributed by atoms with Crippen molar-refractivity contribution in [3.05, 3.63) is 47.8 Å². The molecular weight excluding hydrogens is 925 g/mol. The number of nitrogen functional groups attached to an aromatic ring is 1. The van der Waals surface area contributed by atoms with Gasteiger partial charge >= 0.3 is 0 Å². The van der Waals surface area contributed by atoms with Gasteiger partial charge in [0.05, 0.1) is 35.9 Å². The van der Waals surface area contributed by atoms with E-state index in [1.165, 1.54) is 6.92 Å². The SMILES string of the molecule is CNC(CC1CCCN1C(=N)N)C(C)=O.CNC(CCCN=C(N)N)C(C)=O.CNC(CCN=C(N)N)C(C)=O.CNC(CCc1ccnc(N)n1)C(C)=O.CNC(Cc1ccc(N=C(N)N)cc1)C(C)=O. The van der Waals surface area contributed by atoms with Crippen LogP contribution in [0.25, 0.3) is 0 Å². The molecule has 0 bridgehead atoms. The third-order valence-electron chi connectivity index (χ3n) is 11.1. The number of ketones is 5. The minimum atomic E-state index is -0.149. The summed E-state index contributed by atoms with van der Waals surface area (Å²) in [7, 11) is 8.85. The van der Waals surface area contributed by atoms with Crippen LogP contribution in [0.2, 0.25) is 0 Å². The monoisotopic (exact) mass is 1010 g/mol. The zero-order chi connectivity index (χ0) is 55.3. The van der Waals surface area contributed by atoms with E-state index in [0.717, 1.165) is 62.7 Å². The molecule has 1 aromatic carbocycles. The van der Waals surface area contributed by atoms with Crippen LogP contribution in [0.5, 0.6) is 0 Å². The molecule has 0 amide bonds. The minimum Gasteiger partial charge on any atom is -0.370 e. The van der Waals surface area contributed by atoms with Crippen LogP contribution < -0.4 is 72.5 Å². The first-order valence-electron chi connectivity index (χ1n) is 23.7. The molecule has 1 aliphatic rings. The number of aliphatic imine (C=N–C) groups is 3. The summed E-state index contributed by atoms with van der Waals surface area (Å²) in [6, 6.07) is 8.92. The number of aryl methyl sites for hydroxylation is 1. The maximum atomic E-state index is 11.3. The van der Waals surface area contributed by atoms with Crippen molar-refractivity contribution in [3.8, 4) is 0 Å². The van der Waals surface area contributed by atoms with Crippen molar-refractivity contribution in [2.24, 2.45) is 55.1 Å². The first-order valence-corrected chi connectivity index (χ1v) is 23.7. The Morgan fingerprint density at radius 1 is 0.653 bits per heavy atom. The molecule has 1 fully saturated rings. The summed E-state index contributed by atoms with van der Waals surface area (Å²) in [5.74, 6) is 1.25. The highest BCUT2D eigenvalue weighted by molar-refractivity contribution is 5.83. The van der Waals surface area contributed by atoms with Crippen molar-refractivity contribution in [2.45, 2.75) is 129 Å². The molecule has 6 unspecified atom stereocenters. The van der Waals surface area contributed by atoms with Crippen molar-refractivity contribution < 1.29 is 24.0 Å². The molecule has 25 heteroatoms. The number of rotatable bonds is 25. The van der Waals surface area contributed by atoms with Crippen LogP contribution in [0.3, 0.4) is 0 Å². The Hall–Kier alpha value is -6.67. The van der Waals surface area contributed by atoms with Crippen molar-refractivity contribution in [2.75, 3.05) is 60.6 Å². The fraction of sp³-hybridized carbons (Fsp3) is 0.596. The maximum absolute atomic E-state index is 11.3. The summed E-state index contributed by atoms with van der Waals surface area (Å²) in [6.45, 7) is 9.76. The first-order chi connectivity index (χ1) is 33.9. The second-order valence-corrected chi connectivity index (χ2v) is 16.8. The molecule has 25 nitrogen and oxygen atoms in total. The zero-order valence-electron chi connectivity index (χ0n) is 44.3. The van der Waals surface area contributed by atoms with E-state index in [9.17, 15) is 24.0 Å². The van der Waals surface area contributed by atoms with Crippen LogP contribution in [0.4, 0.5) is 11.6 Å². The van der Waals surface area contributed by atoms with Crippen molar-refractivity contribution in [1.29, 1.82) is 5.41 Å². The average Bonchev–Trinajstić information content (AvgIpc) is 3.78. The molecule has 0 saturated carbocycles. The summed E-state index contributed by atoms with van der Waals surface area (Å²) < 4.78 is 0. The number of hydrogen-bond donors (Lipinski definition) is 14. The normalized spacial score (nSPS) is 14.4. The van der Waals surface area contributed by atoms with Crippen molar-refractivity contribution in [1.82, 2.24) is 41.5 Å². The number of benzene rings is 1. The highest BCUT2D eigenvalue weighted by Crippen LogP contribution is 2.21. The summed E-state index contributed by atoms with van der Waals surface area (Å²) in [5.41, 5.74) is 44.7. The molecule has 72 heavy (non-hydrogen) atoms. The van der Waals surface area contributed by atoms with Crippen molar-refractivity contribution >= 4 is 64.4 Å². The second kappa shape index (κ2) is 39.0. The molecule has 406 valence electrons. The number of Topliss-reactive ketones (excluding diaryl/α,β-unsaturated/α-hetero) is 5. The van der Waals surface area contributed by atoms with E-state index < -0.39 is 0 Å². The number of aromatic nitrogens is 2. The van der Waals surface area contributed by atoms with Gasteiger partial charge in [0.15, 0.2) is 23.8 Å². The fourth-order valence-corrected chi connectivity index (χ4v) is 7.02. The first kappa shape index (κ1) is 67.4. The molecule has 0 spiro atoms. The number of nitrogens with one attached hydrogen (secondary N) is 6. The van der Waals surface area contributed by atoms with E-state index in [-0.39, 0.29) is 95.0 Å². The fourth-order valence-electron chi connectivity index (χ4n) is 7.02. The largest absolute Gasteiger partial charge is 0.370 e. The van der Waals surface area contributed by atoms with Gasteiger partial charge in [0.1, 0.15) is 28.9 Å². The predicted octanol–water partition coefficient (Wildman–Crippen LogP) is -1.57. The van der Waals surface area contributed by atoms with Gasteiger partial charge in [-0.3, -0.25) is 39.4 Å². The quantitative estimate of drug-likeness (QED) is 0.0304. The van der Waals surface area contributed by atoms with E-state index in [2.05, 4.69) is 51.5 Å².